The minimum Gasteiger partial charge on any atom is -0.461 e. The molecule has 0 aromatic heterocycles. The number of carbonyl (C=O) groups is 4. The van der Waals surface area contributed by atoms with Gasteiger partial charge in [0.1, 0.15) is 12.1 Å². The average Bonchev–Trinajstić information content (AvgIpc) is 3.35. The van der Waals surface area contributed by atoms with Crippen LogP contribution in [0.15, 0.2) is 36.2 Å². The lowest BCUT2D eigenvalue weighted by Crippen LogP contribution is -2.70. The Hall–Kier alpha value is -3.28. The summed E-state index contributed by atoms with van der Waals surface area (Å²) >= 11 is 6.14. The van der Waals surface area contributed by atoms with Gasteiger partial charge in [-0.3, -0.25) is 14.4 Å². The van der Waals surface area contributed by atoms with Gasteiger partial charge >= 0.3 is 5.97 Å². The van der Waals surface area contributed by atoms with E-state index in [2.05, 4.69) is 16.0 Å². The molecule has 0 spiro atoms. The Bertz CT molecular complexity index is 1280. The van der Waals surface area contributed by atoms with Gasteiger partial charge in [0.2, 0.25) is 23.5 Å². The summed E-state index contributed by atoms with van der Waals surface area (Å²) in [5.74, 6) is -9.42. The number of piperidine rings is 2. The number of esters is 1. The molecule has 242 valence electrons. The highest BCUT2D eigenvalue weighted by Crippen LogP contribution is 2.49. The number of nitrogens with zero attached hydrogens (tertiary/aromatic N) is 1. The first-order valence-corrected chi connectivity index (χ1v) is 15.5. The molecule has 2 bridgehead atoms. The summed E-state index contributed by atoms with van der Waals surface area (Å²) in [7, 11) is 0. The number of fused-ring (bicyclic) bond motifs is 3. The summed E-state index contributed by atoms with van der Waals surface area (Å²) in [6.45, 7) is 5.67. The molecule has 4 aliphatic rings. The summed E-state index contributed by atoms with van der Waals surface area (Å²) < 4.78 is 50.1. The highest BCUT2D eigenvalue weighted by atomic mass is 35.5. The largest absolute Gasteiger partial charge is 0.461 e. The molecule has 3 aliphatic heterocycles. The molecule has 5 rings (SSSR count). The second-order valence-electron chi connectivity index (χ2n) is 12.2. The van der Waals surface area contributed by atoms with Gasteiger partial charge in [0.25, 0.3) is 5.92 Å². The van der Waals surface area contributed by atoms with Crippen LogP contribution in [0.1, 0.15) is 59.3 Å². The average molecular weight is 641 g/mol. The Balaban J connectivity index is 1.65. The molecule has 3 amide bonds. The van der Waals surface area contributed by atoms with E-state index < -0.39 is 72.0 Å². The van der Waals surface area contributed by atoms with E-state index in [4.69, 9.17) is 16.3 Å². The molecule has 13 heteroatoms. The third-order valence-electron chi connectivity index (χ3n) is 8.48. The SMILES string of the molecule is CCOC(=O)/C(F)=C/[C@@H](C[C@H]1CCNC1=O)NC(=O)[C@@H]1[C@H]2CC[C@H](CC2(F)F)N1C(=O)[C@H](CC(C)C)Nc1cccc(Cl)c1. The topological polar surface area (TPSA) is 117 Å². The molecule has 9 nitrogen and oxygen atoms in total. The van der Waals surface area contributed by atoms with Crippen molar-refractivity contribution in [3.05, 3.63) is 41.2 Å². The Morgan fingerprint density at radius 1 is 1.23 bits per heavy atom. The third-order valence-corrected chi connectivity index (χ3v) is 8.71. The van der Waals surface area contributed by atoms with Crippen LogP contribution in [0.25, 0.3) is 0 Å². The van der Waals surface area contributed by atoms with Crippen LogP contribution in [0.2, 0.25) is 5.02 Å². The highest BCUT2D eigenvalue weighted by Gasteiger charge is 2.61. The number of anilines is 1. The maximum Gasteiger partial charge on any atom is 0.366 e. The van der Waals surface area contributed by atoms with Crippen molar-refractivity contribution < 1.29 is 37.1 Å². The van der Waals surface area contributed by atoms with Crippen molar-refractivity contribution in [3.63, 3.8) is 0 Å². The Morgan fingerprint density at radius 3 is 2.59 bits per heavy atom. The third kappa shape index (κ3) is 7.86. The van der Waals surface area contributed by atoms with E-state index in [1.165, 1.54) is 11.8 Å². The van der Waals surface area contributed by atoms with Crippen molar-refractivity contribution in [2.45, 2.75) is 89.4 Å². The summed E-state index contributed by atoms with van der Waals surface area (Å²) in [6, 6.07) is 2.33. The molecule has 6 atom stereocenters. The maximum absolute atomic E-state index is 15.3. The molecule has 0 radical (unpaired) electrons. The maximum atomic E-state index is 15.3. The quantitative estimate of drug-likeness (QED) is 0.227. The number of hydrogen-bond donors (Lipinski definition) is 3. The van der Waals surface area contributed by atoms with Gasteiger partial charge in [-0.25, -0.2) is 13.6 Å². The molecule has 0 unspecified atom stereocenters. The minimum absolute atomic E-state index is 0.0266. The normalized spacial score (nSPS) is 25.8. The lowest BCUT2D eigenvalue weighted by Gasteiger charge is -2.54. The van der Waals surface area contributed by atoms with E-state index in [1.807, 2.05) is 13.8 Å². The number of rotatable bonds is 12. The molecule has 1 aromatic carbocycles. The Morgan fingerprint density at radius 2 is 1.98 bits per heavy atom. The van der Waals surface area contributed by atoms with Crippen molar-refractivity contribution in [1.29, 1.82) is 0 Å². The van der Waals surface area contributed by atoms with Gasteiger partial charge in [0.15, 0.2) is 0 Å². The van der Waals surface area contributed by atoms with Crippen molar-refractivity contribution in [1.82, 2.24) is 15.5 Å². The Labute approximate surface area is 260 Å². The molecule has 1 aliphatic carbocycles. The number of hydrogen-bond acceptors (Lipinski definition) is 6. The van der Waals surface area contributed by atoms with Gasteiger partial charge in [-0.05, 0) is 69.2 Å². The van der Waals surface area contributed by atoms with Crippen molar-refractivity contribution >= 4 is 41.0 Å². The molecule has 1 aromatic rings. The monoisotopic (exact) mass is 640 g/mol. The smallest absolute Gasteiger partial charge is 0.366 e. The van der Waals surface area contributed by atoms with Crippen LogP contribution in [0, 0.1) is 17.8 Å². The van der Waals surface area contributed by atoms with Crippen LogP contribution in [-0.4, -0.2) is 71.8 Å². The molecular formula is C31H40ClF3N4O5. The summed E-state index contributed by atoms with van der Waals surface area (Å²) in [6.07, 6.45) is 1.32. The van der Waals surface area contributed by atoms with Gasteiger partial charge in [-0.1, -0.05) is 31.5 Å². The van der Waals surface area contributed by atoms with Crippen LogP contribution >= 0.6 is 11.6 Å². The Kier molecular flexibility index (Phi) is 10.9. The lowest BCUT2D eigenvalue weighted by atomic mass is 9.71. The number of benzene rings is 1. The number of halogens is 4. The molecule has 3 N–H and O–H groups in total. The first-order valence-electron chi connectivity index (χ1n) is 15.1. The molecular weight excluding hydrogens is 601 g/mol. The van der Waals surface area contributed by atoms with Crippen LogP contribution in [0.4, 0.5) is 18.9 Å². The fourth-order valence-electron chi connectivity index (χ4n) is 6.53. The van der Waals surface area contributed by atoms with Crippen LogP contribution in [-0.2, 0) is 23.9 Å². The zero-order valence-corrected chi connectivity index (χ0v) is 25.8. The second-order valence-corrected chi connectivity index (χ2v) is 12.6. The predicted molar refractivity (Wildman–Crippen MR) is 159 cm³/mol. The van der Waals surface area contributed by atoms with Crippen molar-refractivity contribution in [2.24, 2.45) is 17.8 Å². The summed E-state index contributed by atoms with van der Waals surface area (Å²) in [4.78, 5) is 53.7. The first kappa shape index (κ1) is 33.6. The second kappa shape index (κ2) is 14.2. The fourth-order valence-corrected chi connectivity index (χ4v) is 6.72. The van der Waals surface area contributed by atoms with Crippen molar-refractivity contribution in [3.8, 4) is 0 Å². The van der Waals surface area contributed by atoms with Gasteiger partial charge in [0, 0.05) is 35.6 Å². The van der Waals surface area contributed by atoms with Gasteiger partial charge in [-0.15, -0.1) is 0 Å². The van der Waals surface area contributed by atoms with Gasteiger partial charge in [-0.2, -0.15) is 4.39 Å². The van der Waals surface area contributed by atoms with Gasteiger partial charge in [0.05, 0.1) is 18.6 Å². The number of alkyl halides is 2. The van der Waals surface area contributed by atoms with Gasteiger partial charge < -0.3 is 25.6 Å². The summed E-state index contributed by atoms with van der Waals surface area (Å²) in [5.41, 5.74) is 0.569. The van der Waals surface area contributed by atoms with E-state index in [-0.39, 0.29) is 31.3 Å². The van der Waals surface area contributed by atoms with E-state index in [9.17, 15) is 23.6 Å². The molecule has 44 heavy (non-hydrogen) atoms. The van der Waals surface area contributed by atoms with E-state index in [0.29, 0.717) is 36.5 Å². The molecule has 1 saturated carbocycles. The van der Waals surface area contributed by atoms with Crippen molar-refractivity contribution in [2.75, 3.05) is 18.5 Å². The standard InChI is InChI=1S/C31H40ClF3N4O5/c1-4-44-30(43)24(33)15-21(13-18-10-11-36-27(18)40)38-28(41)26-23-9-8-22(16-31(23,34)35)39(26)29(42)25(12-17(2)3)37-20-7-5-6-19(32)14-20/h5-7,14-15,17-18,21-23,25-26,37H,4,8-13,16H2,1-3H3,(H,36,40)(H,38,41)/b24-15-/t18-,21-,22-,23-,25+,26+/m1/s1. The summed E-state index contributed by atoms with van der Waals surface area (Å²) in [5, 5.41) is 8.90. The minimum atomic E-state index is -3.21. The molecule has 3 saturated heterocycles. The first-order chi connectivity index (χ1) is 20.8. The van der Waals surface area contributed by atoms with Crippen LogP contribution < -0.4 is 16.0 Å². The number of amides is 3. The molecule has 4 fully saturated rings. The number of nitrogens with one attached hydrogen (secondary N) is 3. The number of ether oxygens (including phenoxy) is 1. The fraction of sp³-hybridized carbons (Fsp3) is 0.613. The van der Waals surface area contributed by atoms with Crippen LogP contribution in [0.3, 0.4) is 0 Å². The molecule has 3 heterocycles. The van der Waals surface area contributed by atoms with E-state index >= 15 is 8.78 Å². The zero-order valence-electron chi connectivity index (χ0n) is 25.1. The predicted octanol–water partition coefficient (Wildman–Crippen LogP) is 4.61. The lowest BCUT2D eigenvalue weighted by molar-refractivity contribution is -0.194. The van der Waals surface area contributed by atoms with E-state index in [1.54, 1.807) is 24.3 Å². The highest BCUT2D eigenvalue weighted by molar-refractivity contribution is 6.30. The number of carbonyl (C=O) groups excluding carboxylic acids is 4. The van der Waals surface area contributed by atoms with Crippen LogP contribution in [0.5, 0.6) is 0 Å². The van der Waals surface area contributed by atoms with E-state index in [0.717, 1.165) is 6.08 Å². The zero-order chi connectivity index (χ0) is 32.2.